The molecule has 116 valence electrons. The van der Waals surface area contributed by atoms with Crippen molar-refractivity contribution in [1.82, 2.24) is 14.5 Å². The predicted octanol–water partition coefficient (Wildman–Crippen LogP) is 1.11. The molecule has 1 N–H and O–H groups in total. The van der Waals surface area contributed by atoms with E-state index in [1.165, 1.54) is 4.31 Å². The third-order valence-corrected chi connectivity index (χ3v) is 5.35. The third kappa shape index (κ3) is 3.74. The van der Waals surface area contributed by atoms with Gasteiger partial charge in [0.1, 0.15) is 0 Å². The lowest BCUT2D eigenvalue weighted by atomic mass is 10.4. The lowest BCUT2D eigenvalue weighted by molar-refractivity contribution is 0.172. The second kappa shape index (κ2) is 6.91. The van der Waals surface area contributed by atoms with E-state index in [0.717, 1.165) is 6.42 Å². The Hall–Kier alpha value is -1.60. The number of rotatable bonds is 4. The van der Waals surface area contributed by atoms with Crippen LogP contribution in [0.25, 0.3) is 0 Å². The van der Waals surface area contributed by atoms with E-state index in [1.54, 1.807) is 35.2 Å². The molecule has 0 unspecified atom stereocenters. The van der Waals surface area contributed by atoms with Crippen molar-refractivity contribution in [3.05, 3.63) is 30.3 Å². The fourth-order valence-corrected chi connectivity index (χ4v) is 3.66. The Morgan fingerprint density at radius 1 is 1.14 bits per heavy atom. The summed E-state index contributed by atoms with van der Waals surface area (Å²) in [5.41, 5.74) is 0. The summed E-state index contributed by atoms with van der Waals surface area (Å²) in [6, 6.07) is 8.27. The molecule has 1 aliphatic heterocycles. The highest BCUT2D eigenvalue weighted by atomic mass is 32.2. The maximum Gasteiger partial charge on any atom is 0.317 e. The summed E-state index contributed by atoms with van der Waals surface area (Å²) in [6.45, 7) is 4.13. The Morgan fingerprint density at radius 3 is 2.33 bits per heavy atom. The number of amides is 2. The number of sulfonamides is 1. The summed E-state index contributed by atoms with van der Waals surface area (Å²) in [7, 11) is -3.45. The number of urea groups is 1. The van der Waals surface area contributed by atoms with Gasteiger partial charge in [0, 0.05) is 32.7 Å². The van der Waals surface area contributed by atoms with Crippen molar-refractivity contribution >= 4 is 16.1 Å². The van der Waals surface area contributed by atoms with Crippen LogP contribution in [-0.2, 0) is 10.0 Å². The first-order valence-corrected chi connectivity index (χ1v) is 8.57. The molecule has 2 amide bonds. The van der Waals surface area contributed by atoms with Gasteiger partial charge in [0.2, 0.25) is 10.0 Å². The van der Waals surface area contributed by atoms with E-state index in [1.807, 2.05) is 6.92 Å². The van der Waals surface area contributed by atoms with Gasteiger partial charge in [-0.3, -0.25) is 0 Å². The quantitative estimate of drug-likeness (QED) is 0.905. The smallest absolute Gasteiger partial charge is 0.317 e. The fraction of sp³-hybridized carbons (Fsp3) is 0.500. The molecule has 0 bridgehead atoms. The van der Waals surface area contributed by atoms with Crippen LogP contribution >= 0.6 is 0 Å². The van der Waals surface area contributed by atoms with Crippen LogP contribution in [0.15, 0.2) is 35.2 Å². The molecule has 1 aliphatic rings. The predicted molar refractivity (Wildman–Crippen MR) is 80.5 cm³/mol. The van der Waals surface area contributed by atoms with Crippen molar-refractivity contribution in [2.24, 2.45) is 0 Å². The molecular formula is C14H21N3O3S. The van der Waals surface area contributed by atoms with Gasteiger partial charge in [-0.1, -0.05) is 25.1 Å². The van der Waals surface area contributed by atoms with E-state index < -0.39 is 10.0 Å². The molecule has 6 nitrogen and oxygen atoms in total. The molecular weight excluding hydrogens is 290 g/mol. The number of hydrogen-bond acceptors (Lipinski definition) is 3. The van der Waals surface area contributed by atoms with Gasteiger partial charge in [0.15, 0.2) is 0 Å². The minimum atomic E-state index is -3.45. The minimum Gasteiger partial charge on any atom is -0.338 e. The van der Waals surface area contributed by atoms with Gasteiger partial charge in [-0.2, -0.15) is 4.31 Å². The second-order valence-corrected chi connectivity index (χ2v) is 6.87. The van der Waals surface area contributed by atoms with Crippen LogP contribution in [0.4, 0.5) is 4.79 Å². The number of benzene rings is 1. The van der Waals surface area contributed by atoms with Crippen LogP contribution in [0.1, 0.15) is 13.3 Å². The van der Waals surface area contributed by atoms with Crippen molar-refractivity contribution in [2.45, 2.75) is 18.2 Å². The van der Waals surface area contributed by atoms with Gasteiger partial charge in [-0.15, -0.1) is 0 Å². The molecule has 1 heterocycles. The highest BCUT2D eigenvalue weighted by Gasteiger charge is 2.29. The maximum atomic E-state index is 12.4. The van der Waals surface area contributed by atoms with Crippen LogP contribution in [-0.4, -0.2) is 56.4 Å². The van der Waals surface area contributed by atoms with E-state index in [-0.39, 0.29) is 6.03 Å². The molecule has 0 atom stereocenters. The average molecular weight is 311 g/mol. The average Bonchev–Trinajstić information content (AvgIpc) is 2.53. The molecule has 0 spiro atoms. The third-order valence-electron chi connectivity index (χ3n) is 3.43. The van der Waals surface area contributed by atoms with Crippen molar-refractivity contribution in [2.75, 3.05) is 32.7 Å². The number of piperazine rings is 1. The second-order valence-electron chi connectivity index (χ2n) is 4.94. The number of hydrogen-bond donors (Lipinski definition) is 1. The lowest BCUT2D eigenvalue weighted by Gasteiger charge is -2.33. The summed E-state index contributed by atoms with van der Waals surface area (Å²) in [4.78, 5) is 13.8. The van der Waals surface area contributed by atoms with E-state index in [9.17, 15) is 13.2 Å². The van der Waals surface area contributed by atoms with Gasteiger partial charge >= 0.3 is 6.03 Å². The number of nitrogens with one attached hydrogen (secondary N) is 1. The van der Waals surface area contributed by atoms with Crippen LogP contribution in [0.2, 0.25) is 0 Å². The highest BCUT2D eigenvalue weighted by molar-refractivity contribution is 7.89. The van der Waals surface area contributed by atoms with Crippen molar-refractivity contribution in [1.29, 1.82) is 0 Å². The normalized spacial score (nSPS) is 16.7. The van der Waals surface area contributed by atoms with Crippen LogP contribution in [0, 0.1) is 0 Å². The molecule has 1 fully saturated rings. The molecule has 0 saturated carbocycles. The van der Waals surface area contributed by atoms with E-state index >= 15 is 0 Å². The molecule has 1 saturated heterocycles. The monoisotopic (exact) mass is 311 g/mol. The fourth-order valence-electron chi connectivity index (χ4n) is 2.22. The summed E-state index contributed by atoms with van der Waals surface area (Å²) in [6.07, 6.45) is 0.883. The minimum absolute atomic E-state index is 0.117. The first-order chi connectivity index (χ1) is 10.1. The number of carbonyl (C=O) groups is 1. The zero-order valence-corrected chi connectivity index (χ0v) is 13.0. The molecule has 0 aliphatic carbocycles. The molecule has 0 aromatic heterocycles. The SMILES string of the molecule is CCCNC(=O)N1CCN(S(=O)(=O)c2ccccc2)CC1. The Balaban J connectivity index is 1.96. The topological polar surface area (TPSA) is 69.7 Å². The Bertz CT molecular complexity index is 566. The van der Waals surface area contributed by atoms with Gasteiger partial charge in [0.25, 0.3) is 0 Å². The van der Waals surface area contributed by atoms with E-state index in [0.29, 0.717) is 37.6 Å². The van der Waals surface area contributed by atoms with Crippen molar-refractivity contribution < 1.29 is 13.2 Å². The standard InChI is InChI=1S/C14H21N3O3S/c1-2-8-15-14(18)16-9-11-17(12-10-16)21(19,20)13-6-4-3-5-7-13/h3-7H,2,8-12H2,1H3,(H,15,18). The van der Waals surface area contributed by atoms with Gasteiger partial charge < -0.3 is 10.2 Å². The van der Waals surface area contributed by atoms with Crippen molar-refractivity contribution in [3.63, 3.8) is 0 Å². The van der Waals surface area contributed by atoms with Crippen LogP contribution in [0.3, 0.4) is 0 Å². The first kappa shape index (κ1) is 15.8. The maximum absolute atomic E-state index is 12.4. The zero-order valence-electron chi connectivity index (χ0n) is 12.2. The Labute approximate surface area is 125 Å². The summed E-state index contributed by atoms with van der Waals surface area (Å²) < 4.78 is 26.3. The summed E-state index contributed by atoms with van der Waals surface area (Å²) in [5.74, 6) is 0. The molecule has 1 aromatic rings. The summed E-state index contributed by atoms with van der Waals surface area (Å²) in [5, 5.41) is 2.81. The molecule has 1 aromatic carbocycles. The first-order valence-electron chi connectivity index (χ1n) is 7.13. The van der Waals surface area contributed by atoms with Crippen LogP contribution in [0.5, 0.6) is 0 Å². The Kier molecular flexibility index (Phi) is 5.19. The molecule has 7 heteroatoms. The van der Waals surface area contributed by atoms with E-state index in [2.05, 4.69) is 5.32 Å². The zero-order chi connectivity index (χ0) is 15.3. The Morgan fingerprint density at radius 2 is 1.76 bits per heavy atom. The number of nitrogens with zero attached hydrogens (tertiary/aromatic N) is 2. The molecule has 0 radical (unpaired) electrons. The lowest BCUT2D eigenvalue weighted by Crippen LogP contribution is -2.53. The van der Waals surface area contributed by atoms with Gasteiger partial charge in [-0.25, -0.2) is 13.2 Å². The van der Waals surface area contributed by atoms with Gasteiger partial charge in [-0.05, 0) is 18.6 Å². The van der Waals surface area contributed by atoms with Crippen LogP contribution < -0.4 is 5.32 Å². The summed E-state index contributed by atoms with van der Waals surface area (Å²) >= 11 is 0. The van der Waals surface area contributed by atoms with Gasteiger partial charge in [0.05, 0.1) is 4.90 Å². The number of carbonyl (C=O) groups excluding carboxylic acids is 1. The van der Waals surface area contributed by atoms with Crippen molar-refractivity contribution in [3.8, 4) is 0 Å². The largest absolute Gasteiger partial charge is 0.338 e. The van der Waals surface area contributed by atoms with E-state index in [4.69, 9.17) is 0 Å². The molecule has 21 heavy (non-hydrogen) atoms. The highest BCUT2D eigenvalue weighted by Crippen LogP contribution is 2.17. The molecule has 2 rings (SSSR count).